The third kappa shape index (κ3) is 3.49. The Bertz CT molecular complexity index is 830. The van der Waals surface area contributed by atoms with Crippen molar-refractivity contribution in [2.24, 2.45) is 0 Å². The molecule has 2 bridgehead atoms. The molecule has 1 amide bonds. The van der Waals surface area contributed by atoms with E-state index in [9.17, 15) is 4.79 Å². The van der Waals surface area contributed by atoms with Crippen LogP contribution in [0.3, 0.4) is 0 Å². The van der Waals surface area contributed by atoms with Crippen LogP contribution < -0.4 is 15.5 Å². The summed E-state index contributed by atoms with van der Waals surface area (Å²) in [6, 6.07) is 14.0. The number of amides is 1. The molecule has 6 heteroatoms. The van der Waals surface area contributed by atoms with Crippen molar-refractivity contribution in [3.05, 3.63) is 41.3 Å². The van der Waals surface area contributed by atoms with E-state index in [0.29, 0.717) is 12.1 Å². The quantitative estimate of drug-likeness (QED) is 0.853. The topological polar surface area (TPSA) is 53.6 Å². The van der Waals surface area contributed by atoms with Gasteiger partial charge in [-0.15, -0.1) is 11.3 Å². The molecule has 3 unspecified atom stereocenters. The first-order chi connectivity index (χ1) is 13.3. The van der Waals surface area contributed by atoms with Crippen molar-refractivity contribution in [3.8, 4) is 10.4 Å². The Balaban J connectivity index is 1.29. The van der Waals surface area contributed by atoms with E-state index >= 15 is 0 Å². The number of anilines is 1. The highest BCUT2D eigenvalue weighted by atomic mass is 32.1. The molecule has 0 radical (unpaired) electrons. The number of carbonyl (C=O) groups excluding carboxylic acids is 1. The van der Waals surface area contributed by atoms with Gasteiger partial charge in [0.15, 0.2) is 0 Å². The molecule has 142 valence electrons. The minimum atomic E-state index is 0.0648. The SMILES string of the molecule is O=C(NC1CC2CCC1N2)c1ccc(-c2cccc(N3CCOCC3)c2)s1. The molecule has 0 spiro atoms. The fourth-order valence-electron chi connectivity index (χ4n) is 4.52. The maximum Gasteiger partial charge on any atom is 0.261 e. The van der Waals surface area contributed by atoms with Gasteiger partial charge < -0.3 is 20.3 Å². The fourth-order valence-corrected chi connectivity index (χ4v) is 5.42. The Morgan fingerprint density at radius 3 is 2.85 bits per heavy atom. The maximum absolute atomic E-state index is 12.7. The van der Waals surface area contributed by atoms with Crippen LogP contribution in [0.5, 0.6) is 0 Å². The van der Waals surface area contributed by atoms with E-state index in [1.165, 1.54) is 24.1 Å². The predicted molar refractivity (Wildman–Crippen MR) is 109 cm³/mol. The van der Waals surface area contributed by atoms with Crippen LogP contribution in [0.2, 0.25) is 0 Å². The molecule has 2 N–H and O–H groups in total. The maximum atomic E-state index is 12.7. The average molecular weight is 384 g/mol. The number of thiophene rings is 1. The molecule has 5 nitrogen and oxygen atoms in total. The van der Waals surface area contributed by atoms with Crippen LogP contribution in [0.25, 0.3) is 10.4 Å². The summed E-state index contributed by atoms with van der Waals surface area (Å²) in [4.78, 5) is 17.0. The minimum absolute atomic E-state index is 0.0648. The monoisotopic (exact) mass is 383 g/mol. The lowest BCUT2D eigenvalue weighted by Gasteiger charge is -2.29. The Morgan fingerprint density at radius 1 is 1.19 bits per heavy atom. The Labute approximate surface area is 163 Å². The van der Waals surface area contributed by atoms with Crippen LogP contribution in [0.15, 0.2) is 36.4 Å². The summed E-state index contributed by atoms with van der Waals surface area (Å²) in [6.07, 6.45) is 3.50. The Morgan fingerprint density at radius 2 is 2.07 bits per heavy atom. The molecule has 0 aliphatic carbocycles. The molecule has 2 aromatic rings. The number of hydrogen-bond acceptors (Lipinski definition) is 5. The number of carbonyl (C=O) groups is 1. The van der Waals surface area contributed by atoms with Crippen LogP contribution in [-0.2, 0) is 4.74 Å². The summed E-state index contributed by atoms with van der Waals surface area (Å²) >= 11 is 1.58. The fraction of sp³-hybridized carbons (Fsp3) is 0.476. The van der Waals surface area contributed by atoms with E-state index in [1.54, 1.807) is 11.3 Å². The number of nitrogens with zero attached hydrogens (tertiary/aromatic N) is 1. The van der Waals surface area contributed by atoms with Gasteiger partial charge >= 0.3 is 0 Å². The van der Waals surface area contributed by atoms with Crippen molar-refractivity contribution in [2.75, 3.05) is 31.2 Å². The normalized spacial score (nSPS) is 27.1. The van der Waals surface area contributed by atoms with Crippen molar-refractivity contribution < 1.29 is 9.53 Å². The van der Waals surface area contributed by atoms with Gasteiger partial charge in [0.1, 0.15) is 0 Å². The van der Waals surface area contributed by atoms with Crippen molar-refractivity contribution in [3.63, 3.8) is 0 Å². The van der Waals surface area contributed by atoms with E-state index in [-0.39, 0.29) is 11.9 Å². The van der Waals surface area contributed by atoms with Crippen molar-refractivity contribution in [2.45, 2.75) is 37.4 Å². The first kappa shape index (κ1) is 17.2. The van der Waals surface area contributed by atoms with Gasteiger partial charge in [-0.05, 0) is 49.1 Å². The smallest absolute Gasteiger partial charge is 0.261 e. The average Bonchev–Trinajstić information content (AvgIpc) is 3.46. The summed E-state index contributed by atoms with van der Waals surface area (Å²) in [5.74, 6) is 0.0648. The molecule has 27 heavy (non-hydrogen) atoms. The van der Waals surface area contributed by atoms with Gasteiger partial charge in [-0.25, -0.2) is 0 Å². The summed E-state index contributed by atoms with van der Waals surface area (Å²) in [5, 5.41) is 6.82. The van der Waals surface area contributed by atoms with E-state index < -0.39 is 0 Å². The zero-order valence-corrected chi connectivity index (χ0v) is 16.1. The third-order valence-electron chi connectivity index (χ3n) is 5.95. The Hall–Kier alpha value is -1.89. The van der Waals surface area contributed by atoms with Gasteiger partial charge in [0, 0.05) is 41.8 Å². The highest BCUT2D eigenvalue weighted by Gasteiger charge is 2.39. The highest BCUT2D eigenvalue weighted by molar-refractivity contribution is 7.17. The molecule has 3 fully saturated rings. The van der Waals surface area contributed by atoms with E-state index in [1.807, 2.05) is 6.07 Å². The summed E-state index contributed by atoms with van der Waals surface area (Å²) in [7, 11) is 0. The van der Waals surface area contributed by atoms with Crippen molar-refractivity contribution >= 4 is 22.9 Å². The predicted octanol–water partition coefficient (Wildman–Crippen LogP) is 2.87. The molecule has 3 saturated heterocycles. The van der Waals surface area contributed by atoms with Gasteiger partial charge in [-0.1, -0.05) is 12.1 Å². The number of morpholine rings is 1. The van der Waals surface area contributed by atoms with Crippen LogP contribution in [0.4, 0.5) is 5.69 Å². The molecular formula is C21H25N3O2S. The zero-order valence-electron chi connectivity index (χ0n) is 15.3. The largest absolute Gasteiger partial charge is 0.378 e. The van der Waals surface area contributed by atoms with Crippen molar-refractivity contribution in [1.82, 2.24) is 10.6 Å². The van der Waals surface area contributed by atoms with Gasteiger partial charge in [-0.2, -0.15) is 0 Å². The van der Waals surface area contributed by atoms with Crippen LogP contribution in [0.1, 0.15) is 28.9 Å². The molecule has 3 aliphatic rings. The number of ether oxygens (including phenoxy) is 1. The standard InChI is InChI=1S/C21H25N3O2S/c25-21(23-18-13-15-4-5-17(18)22-15)20-7-6-19(27-20)14-2-1-3-16(12-14)24-8-10-26-11-9-24/h1-3,6-7,12,15,17-18,22H,4-5,8-11,13H2,(H,23,25). The van der Waals surface area contributed by atoms with Gasteiger partial charge in [0.05, 0.1) is 18.1 Å². The second-order valence-electron chi connectivity index (χ2n) is 7.68. The van der Waals surface area contributed by atoms with Gasteiger partial charge in [-0.3, -0.25) is 4.79 Å². The van der Waals surface area contributed by atoms with E-state index in [0.717, 1.165) is 42.5 Å². The van der Waals surface area contributed by atoms with Gasteiger partial charge in [0.25, 0.3) is 5.91 Å². The second-order valence-corrected chi connectivity index (χ2v) is 8.76. The summed E-state index contributed by atoms with van der Waals surface area (Å²) in [6.45, 7) is 3.43. The van der Waals surface area contributed by atoms with Gasteiger partial charge in [0.2, 0.25) is 0 Å². The molecule has 4 heterocycles. The minimum Gasteiger partial charge on any atom is -0.378 e. The molecule has 3 atom stereocenters. The van der Waals surface area contributed by atoms with E-state index in [4.69, 9.17) is 4.74 Å². The van der Waals surface area contributed by atoms with Crippen LogP contribution >= 0.6 is 11.3 Å². The number of nitrogens with one attached hydrogen (secondary N) is 2. The summed E-state index contributed by atoms with van der Waals surface area (Å²) < 4.78 is 5.45. The molecule has 5 rings (SSSR count). The molecular weight excluding hydrogens is 358 g/mol. The number of benzene rings is 1. The molecule has 1 aromatic carbocycles. The lowest BCUT2D eigenvalue weighted by Crippen LogP contribution is -2.42. The lowest BCUT2D eigenvalue weighted by atomic mass is 9.95. The number of rotatable bonds is 4. The summed E-state index contributed by atoms with van der Waals surface area (Å²) in [5.41, 5.74) is 2.40. The lowest BCUT2D eigenvalue weighted by molar-refractivity contribution is 0.0935. The number of fused-ring (bicyclic) bond motifs is 2. The first-order valence-corrected chi connectivity index (χ1v) is 10.7. The highest BCUT2D eigenvalue weighted by Crippen LogP contribution is 2.32. The van der Waals surface area contributed by atoms with E-state index in [2.05, 4.69) is 45.9 Å². The number of hydrogen-bond donors (Lipinski definition) is 2. The second kappa shape index (κ2) is 7.26. The van der Waals surface area contributed by atoms with Crippen molar-refractivity contribution in [1.29, 1.82) is 0 Å². The van der Waals surface area contributed by atoms with Crippen LogP contribution in [0, 0.1) is 0 Å². The van der Waals surface area contributed by atoms with Crippen LogP contribution in [-0.4, -0.2) is 50.3 Å². The first-order valence-electron chi connectivity index (χ1n) is 9.86. The molecule has 3 aliphatic heterocycles. The molecule has 1 aromatic heterocycles. The third-order valence-corrected chi connectivity index (χ3v) is 7.09. The molecule has 0 saturated carbocycles. The Kier molecular flexibility index (Phi) is 4.63. The zero-order chi connectivity index (χ0) is 18.2.